The average molecular weight is 514 g/mol. The number of anilines is 2. The van der Waals surface area contributed by atoms with Crippen LogP contribution in [0.1, 0.15) is 11.7 Å². The molecule has 34 heavy (non-hydrogen) atoms. The van der Waals surface area contributed by atoms with Crippen LogP contribution in [0, 0.1) is 0 Å². The van der Waals surface area contributed by atoms with Crippen molar-refractivity contribution in [2.75, 3.05) is 23.6 Å². The van der Waals surface area contributed by atoms with E-state index in [2.05, 4.69) is 25.9 Å². The molecule has 0 radical (unpaired) electrons. The number of nitrogens with zero attached hydrogens (tertiary/aromatic N) is 2. The number of rotatable bonds is 5. The van der Waals surface area contributed by atoms with Gasteiger partial charge in [0.1, 0.15) is 11.9 Å². The van der Waals surface area contributed by atoms with Crippen molar-refractivity contribution in [1.29, 1.82) is 0 Å². The summed E-state index contributed by atoms with van der Waals surface area (Å²) in [6.45, 7) is 0.315. The van der Waals surface area contributed by atoms with Crippen molar-refractivity contribution < 1.29 is 30.0 Å². The summed E-state index contributed by atoms with van der Waals surface area (Å²) in [7, 11) is -9.09. The average Bonchev–Trinajstić information content (AvgIpc) is 2.78. The first-order chi connectivity index (χ1) is 15.9. The highest BCUT2D eigenvalue weighted by molar-refractivity contribution is 7.92. The number of hydrogen-bond acceptors (Lipinski definition) is 9. The predicted octanol–water partition coefficient (Wildman–Crippen LogP) is 2.92. The largest absolute Gasteiger partial charge is 0.501 e. The molecule has 0 saturated heterocycles. The Kier molecular flexibility index (Phi) is 5.99. The molecule has 1 atom stereocenters. The van der Waals surface area contributed by atoms with E-state index < -0.39 is 36.2 Å². The van der Waals surface area contributed by atoms with Gasteiger partial charge in [-0.2, -0.15) is 13.2 Å². The van der Waals surface area contributed by atoms with Gasteiger partial charge in [-0.05, 0) is 42.5 Å². The maximum Gasteiger partial charge on any atom is 0.501 e. The van der Waals surface area contributed by atoms with Crippen molar-refractivity contribution in [1.82, 2.24) is 15.3 Å². The van der Waals surface area contributed by atoms with E-state index in [-0.39, 0.29) is 16.3 Å². The Morgan fingerprint density at radius 2 is 1.65 bits per heavy atom. The van der Waals surface area contributed by atoms with Gasteiger partial charge in [0.15, 0.2) is 9.84 Å². The van der Waals surface area contributed by atoms with Crippen LogP contribution in [0.2, 0.25) is 0 Å². The summed E-state index contributed by atoms with van der Waals surface area (Å²) < 4.78 is 86.2. The van der Waals surface area contributed by atoms with E-state index in [4.69, 9.17) is 0 Å². The van der Waals surface area contributed by atoms with Crippen LogP contribution in [-0.4, -0.2) is 45.2 Å². The van der Waals surface area contributed by atoms with E-state index >= 15 is 0 Å². The van der Waals surface area contributed by atoms with E-state index in [1.165, 1.54) is 36.7 Å². The first-order valence-electron chi connectivity index (χ1n) is 9.69. The summed E-state index contributed by atoms with van der Waals surface area (Å²) in [6.07, 6.45) is 3.35. The lowest BCUT2D eigenvalue weighted by molar-refractivity contribution is -0.0436. The van der Waals surface area contributed by atoms with Crippen LogP contribution >= 0.6 is 0 Å². The number of alkyl halides is 3. The lowest BCUT2D eigenvalue weighted by atomic mass is 10.0. The maximum absolute atomic E-state index is 12.8. The van der Waals surface area contributed by atoms with Crippen LogP contribution < -0.4 is 16.0 Å². The second-order valence-corrected chi connectivity index (χ2v) is 11.3. The number of aromatic nitrogens is 2. The summed E-state index contributed by atoms with van der Waals surface area (Å²) in [5.74, 6) is 0. The fourth-order valence-electron chi connectivity index (χ4n) is 3.48. The predicted molar refractivity (Wildman–Crippen MR) is 118 cm³/mol. The molecule has 9 nitrogen and oxygen atoms in total. The van der Waals surface area contributed by atoms with Crippen LogP contribution in [0.5, 0.6) is 0 Å². The van der Waals surface area contributed by atoms with Crippen molar-refractivity contribution in [3.05, 3.63) is 60.4 Å². The van der Waals surface area contributed by atoms with Gasteiger partial charge in [-0.15, -0.1) is 0 Å². The monoisotopic (exact) mass is 513 g/mol. The van der Waals surface area contributed by atoms with E-state index in [1.54, 1.807) is 6.07 Å². The minimum absolute atomic E-state index is 0.0121. The van der Waals surface area contributed by atoms with Crippen molar-refractivity contribution >= 4 is 31.0 Å². The van der Waals surface area contributed by atoms with Crippen molar-refractivity contribution in [2.45, 2.75) is 21.5 Å². The molecule has 2 aromatic heterocycles. The summed E-state index contributed by atoms with van der Waals surface area (Å²) in [5.41, 5.74) is -3.48. The topological polar surface area (TPSA) is 130 Å². The number of nitrogens with one attached hydrogen (secondary N) is 3. The van der Waals surface area contributed by atoms with Crippen LogP contribution in [0.25, 0.3) is 11.4 Å². The standard InChI is InChI=1S/C20H18F3N5O4S2/c1-33(29,30)15-3-2-9-24-17(15)18-16-14(8-10-25-18)26-11-27-19(16)28-12-4-6-13(7-5-12)34(31,32)20(21,22)23/h2-10,19,26-28H,11H2,1H3. The quantitative estimate of drug-likeness (QED) is 0.471. The fraction of sp³-hybridized carbons (Fsp3) is 0.200. The molecule has 3 N–H and O–H groups in total. The van der Waals surface area contributed by atoms with E-state index in [0.29, 0.717) is 23.6 Å². The molecule has 180 valence electrons. The normalized spacial score (nSPS) is 16.4. The molecule has 14 heteroatoms. The molecular weight excluding hydrogens is 495 g/mol. The number of sulfone groups is 2. The third-order valence-corrected chi connectivity index (χ3v) is 7.67. The molecule has 1 aromatic carbocycles. The Labute approximate surface area is 193 Å². The second-order valence-electron chi connectivity index (χ2n) is 7.35. The third kappa shape index (κ3) is 4.43. The number of halogens is 3. The molecule has 1 unspecified atom stereocenters. The smallest absolute Gasteiger partial charge is 0.372 e. The molecule has 0 bridgehead atoms. The summed E-state index contributed by atoms with van der Waals surface area (Å²) in [4.78, 5) is 7.69. The lowest BCUT2D eigenvalue weighted by Crippen LogP contribution is -2.37. The molecule has 3 aromatic rings. The SMILES string of the molecule is CS(=O)(=O)c1cccnc1-c1nccc2c1C(Nc1ccc(S(=O)(=O)C(F)(F)F)cc1)NCN2. The zero-order valence-corrected chi connectivity index (χ0v) is 19.1. The highest BCUT2D eigenvalue weighted by Gasteiger charge is 2.46. The zero-order valence-electron chi connectivity index (χ0n) is 17.5. The maximum atomic E-state index is 12.8. The molecule has 0 amide bonds. The highest BCUT2D eigenvalue weighted by atomic mass is 32.2. The highest BCUT2D eigenvalue weighted by Crippen LogP contribution is 2.37. The van der Waals surface area contributed by atoms with Gasteiger partial charge in [-0.1, -0.05) is 0 Å². The van der Waals surface area contributed by atoms with Gasteiger partial charge in [-0.25, -0.2) is 16.8 Å². The van der Waals surface area contributed by atoms with Gasteiger partial charge in [0, 0.05) is 35.6 Å². The Morgan fingerprint density at radius 3 is 2.29 bits per heavy atom. The Morgan fingerprint density at radius 1 is 0.971 bits per heavy atom. The molecule has 0 saturated carbocycles. The minimum Gasteiger partial charge on any atom is -0.372 e. The third-order valence-electron chi connectivity index (χ3n) is 5.04. The van der Waals surface area contributed by atoms with E-state index in [9.17, 15) is 30.0 Å². The Bertz CT molecular complexity index is 1440. The molecular formula is C20H18F3N5O4S2. The van der Waals surface area contributed by atoms with Crippen molar-refractivity contribution in [2.24, 2.45) is 0 Å². The van der Waals surface area contributed by atoms with Gasteiger partial charge < -0.3 is 10.6 Å². The first kappa shape index (κ1) is 23.9. The van der Waals surface area contributed by atoms with Crippen LogP contribution in [0.15, 0.2) is 64.6 Å². The van der Waals surface area contributed by atoms with E-state index in [0.717, 1.165) is 18.4 Å². The lowest BCUT2D eigenvalue weighted by Gasteiger charge is -2.31. The summed E-state index contributed by atoms with van der Waals surface area (Å²) >= 11 is 0. The zero-order chi connectivity index (χ0) is 24.7. The number of fused-ring (bicyclic) bond motifs is 1. The van der Waals surface area contributed by atoms with Crippen LogP contribution in [-0.2, 0) is 19.7 Å². The van der Waals surface area contributed by atoms with Crippen LogP contribution in [0.3, 0.4) is 0 Å². The van der Waals surface area contributed by atoms with Crippen LogP contribution in [0.4, 0.5) is 24.5 Å². The molecule has 0 spiro atoms. The van der Waals surface area contributed by atoms with Crippen molar-refractivity contribution in [3.8, 4) is 11.4 Å². The Balaban J connectivity index is 1.74. The van der Waals surface area contributed by atoms with E-state index in [1.807, 2.05) is 0 Å². The van der Waals surface area contributed by atoms with Gasteiger partial charge in [0.25, 0.3) is 9.84 Å². The molecule has 1 aliphatic rings. The molecule has 0 aliphatic carbocycles. The molecule has 3 heterocycles. The molecule has 1 aliphatic heterocycles. The van der Waals surface area contributed by atoms with Gasteiger partial charge in [-0.3, -0.25) is 15.3 Å². The number of benzene rings is 1. The summed E-state index contributed by atoms with van der Waals surface area (Å²) in [5, 5.41) is 9.32. The minimum atomic E-state index is -5.46. The Hall–Kier alpha value is -3.23. The fourth-order valence-corrected chi connectivity index (χ4v) is 5.07. The number of pyridine rings is 2. The van der Waals surface area contributed by atoms with Gasteiger partial charge >= 0.3 is 5.51 Å². The van der Waals surface area contributed by atoms with Gasteiger partial charge in [0.05, 0.1) is 22.2 Å². The number of hydrogen-bond donors (Lipinski definition) is 3. The molecule has 0 fully saturated rings. The van der Waals surface area contributed by atoms with Gasteiger partial charge in [0.2, 0.25) is 0 Å². The second kappa shape index (κ2) is 8.52. The van der Waals surface area contributed by atoms with Crippen molar-refractivity contribution in [3.63, 3.8) is 0 Å². The summed E-state index contributed by atoms with van der Waals surface area (Å²) in [6, 6.07) is 8.75. The first-order valence-corrected chi connectivity index (χ1v) is 13.1. The molecule has 4 rings (SSSR count).